The van der Waals surface area contributed by atoms with Crippen molar-refractivity contribution in [3.63, 3.8) is 0 Å². The van der Waals surface area contributed by atoms with Crippen LogP contribution in [-0.2, 0) is 23.5 Å². The van der Waals surface area contributed by atoms with E-state index in [1.54, 1.807) is 7.05 Å². The Balaban J connectivity index is 1.56. The standard InChI is InChI=1S/C27H26F2N6O3S/c1-4-8-18-14-20(23(29)25(36)22(18)28)24-21-15-30-27(31-26(21)33(2)32-24)35-12-11-34(39(3,37)38)16-19(35)13-17-9-6-5-7-10-17/h5-7,9-10,14-15,19,36H,11-13,16H2,1-3H3/t19-/m1/s1. The van der Waals surface area contributed by atoms with E-state index in [9.17, 15) is 22.3 Å². The first-order chi connectivity index (χ1) is 18.6. The van der Waals surface area contributed by atoms with Crippen molar-refractivity contribution in [2.45, 2.75) is 19.4 Å². The first kappa shape index (κ1) is 26.5. The van der Waals surface area contributed by atoms with Crippen LogP contribution in [0.2, 0.25) is 0 Å². The average Bonchev–Trinajstić information content (AvgIpc) is 3.24. The molecule has 1 aliphatic rings. The number of benzene rings is 2. The molecule has 0 saturated carbocycles. The van der Waals surface area contributed by atoms with E-state index in [1.165, 1.54) is 34.4 Å². The van der Waals surface area contributed by atoms with Crippen LogP contribution in [0.15, 0.2) is 42.6 Å². The number of sulfonamides is 1. The van der Waals surface area contributed by atoms with Crippen LogP contribution >= 0.6 is 0 Å². The second kappa shape index (κ2) is 10.2. The van der Waals surface area contributed by atoms with E-state index in [2.05, 4.69) is 21.9 Å². The summed E-state index contributed by atoms with van der Waals surface area (Å²) >= 11 is 0. The number of anilines is 1. The molecule has 4 aromatic rings. The lowest BCUT2D eigenvalue weighted by molar-refractivity contribution is 0.330. The van der Waals surface area contributed by atoms with E-state index >= 15 is 0 Å². The molecule has 2 aromatic heterocycles. The summed E-state index contributed by atoms with van der Waals surface area (Å²) in [5.41, 5.74) is 1.29. The number of aromatic hydroxyl groups is 1. The Bertz CT molecular complexity index is 1730. The SMILES string of the molecule is CC#Cc1cc(-c2nn(C)c3nc(N4CCN(S(C)(=O)=O)C[C@H]4Cc4ccccc4)ncc23)c(F)c(O)c1F. The minimum atomic E-state index is -3.38. The summed E-state index contributed by atoms with van der Waals surface area (Å²) in [7, 11) is -1.75. The summed E-state index contributed by atoms with van der Waals surface area (Å²) in [5.74, 6) is 2.04. The van der Waals surface area contributed by atoms with Crippen LogP contribution in [0.25, 0.3) is 22.3 Å². The van der Waals surface area contributed by atoms with E-state index < -0.39 is 27.4 Å². The van der Waals surface area contributed by atoms with E-state index in [0.717, 1.165) is 5.56 Å². The fourth-order valence-corrected chi connectivity index (χ4v) is 5.69. The molecule has 1 saturated heterocycles. The number of nitrogens with zero attached hydrogens (tertiary/aromatic N) is 6. The molecule has 5 rings (SSSR count). The van der Waals surface area contributed by atoms with Gasteiger partial charge >= 0.3 is 0 Å². The number of rotatable bonds is 5. The molecular weight excluding hydrogens is 526 g/mol. The molecule has 1 atom stereocenters. The van der Waals surface area contributed by atoms with Gasteiger partial charge in [0.2, 0.25) is 16.0 Å². The highest BCUT2D eigenvalue weighted by atomic mass is 32.2. The molecule has 0 unspecified atom stereocenters. The zero-order valence-electron chi connectivity index (χ0n) is 21.6. The Morgan fingerprint density at radius 3 is 2.59 bits per heavy atom. The van der Waals surface area contributed by atoms with Gasteiger partial charge < -0.3 is 10.0 Å². The Labute approximate surface area is 224 Å². The van der Waals surface area contributed by atoms with Gasteiger partial charge in [-0.2, -0.15) is 14.4 Å². The van der Waals surface area contributed by atoms with Crippen LogP contribution in [0.1, 0.15) is 18.1 Å². The fourth-order valence-electron chi connectivity index (χ4n) is 4.84. The minimum absolute atomic E-state index is 0.127. The van der Waals surface area contributed by atoms with Crippen LogP contribution in [0.3, 0.4) is 0 Å². The molecule has 3 heterocycles. The first-order valence-corrected chi connectivity index (χ1v) is 14.0. The number of phenols is 1. The van der Waals surface area contributed by atoms with Gasteiger partial charge in [-0.05, 0) is 25.0 Å². The largest absolute Gasteiger partial charge is 0.503 e. The molecule has 0 radical (unpaired) electrons. The topological polar surface area (TPSA) is 104 Å². The van der Waals surface area contributed by atoms with Crippen LogP contribution < -0.4 is 4.90 Å². The van der Waals surface area contributed by atoms with Crippen molar-refractivity contribution in [3.05, 3.63) is 65.4 Å². The molecule has 1 aliphatic heterocycles. The average molecular weight is 553 g/mol. The highest BCUT2D eigenvalue weighted by molar-refractivity contribution is 7.88. The maximum atomic E-state index is 15.0. The number of hydrogen-bond acceptors (Lipinski definition) is 7. The molecule has 0 aliphatic carbocycles. The van der Waals surface area contributed by atoms with Crippen molar-refractivity contribution in [3.8, 4) is 28.8 Å². The Kier molecular flexibility index (Phi) is 6.96. The molecule has 39 heavy (non-hydrogen) atoms. The van der Waals surface area contributed by atoms with Crippen LogP contribution in [0.5, 0.6) is 5.75 Å². The molecular formula is C27H26F2N6O3S. The highest BCUT2D eigenvalue weighted by Gasteiger charge is 2.33. The van der Waals surface area contributed by atoms with Gasteiger partial charge in [0.25, 0.3) is 0 Å². The van der Waals surface area contributed by atoms with Gasteiger partial charge in [0.15, 0.2) is 23.0 Å². The number of aryl methyl sites for hydroxylation is 1. The summed E-state index contributed by atoms with van der Waals surface area (Å²) in [5, 5.41) is 14.8. The van der Waals surface area contributed by atoms with Crippen LogP contribution in [0.4, 0.5) is 14.7 Å². The van der Waals surface area contributed by atoms with Crippen molar-refractivity contribution in [2.24, 2.45) is 7.05 Å². The van der Waals surface area contributed by atoms with Crippen molar-refractivity contribution < 1.29 is 22.3 Å². The van der Waals surface area contributed by atoms with E-state index in [4.69, 9.17) is 4.98 Å². The summed E-state index contributed by atoms with van der Waals surface area (Å²) in [6.45, 7) is 2.43. The minimum Gasteiger partial charge on any atom is -0.503 e. The number of halogens is 2. The lowest BCUT2D eigenvalue weighted by Gasteiger charge is -2.40. The predicted octanol–water partition coefficient (Wildman–Crippen LogP) is 3.08. The maximum absolute atomic E-state index is 15.0. The van der Waals surface area contributed by atoms with Crippen molar-refractivity contribution in [1.82, 2.24) is 24.1 Å². The molecule has 1 N–H and O–H groups in total. The van der Waals surface area contributed by atoms with Gasteiger partial charge in [-0.15, -0.1) is 5.92 Å². The van der Waals surface area contributed by atoms with Crippen molar-refractivity contribution in [1.29, 1.82) is 0 Å². The van der Waals surface area contributed by atoms with E-state index in [0.29, 0.717) is 29.9 Å². The lowest BCUT2D eigenvalue weighted by Crippen LogP contribution is -2.56. The number of fused-ring (bicyclic) bond motifs is 1. The van der Waals surface area contributed by atoms with Gasteiger partial charge in [-0.1, -0.05) is 36.3 Å². The summed E-state index contributed by atoms with van der Waals surface area (Å²) in [6.07, 6.45) is 3.28. The van der Waals surface area contributed by atoms with Gasteiger partial charge in [0, 0.05) is 44.5 Å². The molecule has 0 amide bonds. The lowest BCUT2D eigenvalue weighted by atomic mass is 10.0. The Hall–Kier alpha value is -4.08. The Morgan fingerprint density at radius 1 is 1.15 bits per heavy atom. The van der Waals surface area contributed by atoms with E-state index in [1.807, 2.05) is 35.2 Å². The van der Waals surface area contributed by atoms with Crippen molar-refractivity contribution >= 4 is 27.0 Å². The molecule has 0 bridgehead atoms. The molecule has 12 heteroatoms. The summed E-state index contributed by atoms with van der Waals surface area (Å²) in [4.78, 5) is 11.2. The zero-order valence-corrected chi connectivity index (χ0v) is 22.4. The number of hydrogen-bond donors (Lipinski definition) is 1. The molecule has 1 fully saturated rings. The third-order valence-corrected chi connectivity index (χ3v) is 8.01. The first-order valence-electron chi connectivity index (χ1n) is 12.2. The second-order valence-corrected chi connectivity index (χ2v) is 11.3. The predicted molar refractivity (Wildman–Crippen MR) is 144 cm³/mol. The second-order valence-electron chi connectivity index (χ2n) is 9.36. The Morgan fingerprint density at radius 2 is 1.90 bits per heavy atom. The van der Waals surface area contributed by atoms with Crippen LogP contribution in [0, 0.1) is 23.5 Å². The zero-order chi connectivity index (χ0) is 27.9. The molecule has 9 nitrogen and oxygen atoms in total. The van der Waals surface area contributed by atoms with Gasteiger partial charge in [0.1, 0.15) is 5.69 Å². The molecule has 0 spiro atoms. The monoisotopic (exact) mass is 552 g/mol. The maximum Gasteiger partial charge on any atom is 0.227 e. The quantitative estimate of drug-likeness (QED) is 0.380. The van der Waals surface area contributed by atoms with Gasteiger partial charge in [-0.25, -0.2) is 26.9 Å². The van der Waals surface area contributed by atoms with Crippen molar-refractivity contribution in [2.75, 3.05) is 30.8 Å². The third-order valence-electron chi connectivity index (χ3n) is 6.75. The molecule has 2 aromatic carbocycles. The normalized spacial score (nSPS) is 16.3. The summed E-state index contributed by atoms with van der Waals surface area (Å²) < 4.78 is 56.8. The van der Waals surface area contributed by atoms with E-state index in [-0.39, 0.29) is 36.0 Å². The third kappa shape index (κ3) is 5.03. The molecule has 202 valence electrons. The number of phenolic OH excluding ortho intramolecular Hbond substituents is 1. The fraction of sp³-hybridized carbons (Fsp3) is 0.296. The summed E-state index contributed by atoms with van der Waals surface area (Å²) in [6, 6.07) is 10.7. The van der Waals surface area contributed by atoms with Gasteiger partial charge in [0.05, 0.1) is 17.2 Å². The van der Waals surface area contributed by atoms with Crippen LogP contribution in [-0.4, -0.2) is 69.5 Å². The van der Waals surface area contributed by atoms with Gasteiger partial charge in [-0.3, -0.25) is 0 Å². The highest BCUT2D eigenvalue weighted by Crippen LogP contribution is 2.36. The number of piperazine rings is 1. The smallest absolute Gasteiger partial charge is 0.227 e. The number of aromatic nitrogens is 4.